The number of amides is 1. The van der Waals surface area contributed by atoms with Crippen molar-refractivity contribution in [2.24, 2.45) is 7.05 Å². The average Bonchev–Trinajstić information content (AvgIpc) is 3.31. The fourth-order valence-electron chi connectivity index (χ4n) is 3.29. The number of carbonyl (C=O) groups is 1. The van der Waals surface area contributed by atoms with Gasteiger partial charge in [-0.2, -0.15) is 10.2 Å². The molecule has 0 fully saturated rings. The molecule has 0 atom stereocenters. The van der Waals surface area contributed by atoms with E-state index in [0.717, 1.165) is 26.8 Å². The molecule has 9 heteroatoms. The summed E-state index contributed by atoms with van der Waals surface area (Å²) in [4.78, 5) is 30.2. The maximum absolute atomic E-state index is 12.6. The number of hydrogen-bond donors (Lipinski definition) is 1. The van der Waals surface area contributed by atoms with Gasteiger partial charge in [0.2, 0.25) is 0 Å². The summed E-state index contributed by atoms with van der Waals surface area (Å²) in [7, 11) is 1.73. The molecule has 0 aliphatic heterocycles. The third-order valence-electron chi connectivity index (χ3n) is 4.79. The molecule has 0 bridgehead atoms. The first-order valence-electron chi connectivity index (χ1n) is 9.82. The SMILES string of the molecule is Cc1nc(C)c(-c2ccc(=O)n(CCNC(=O)c3cc(-c4ccccc4)nn3C)n2)s1. The van der Waals surface area contributed by atoms with Gasteiger partial charge in [-0.25, -0.2) is 9.67 Å². The topological polar surface area (TPSA) is 94.7 Å². The lowest BCUT2D eigenvalue weighted by atomic mass is 10.1. The van der Waals surface area contributed by atoms with Crippen LogP contribution in [0.15, 0.2) is 53.3 Å². The highest BCUT2D eigenvalue weighted by atomic mass is 32.1. The quantitative estimate of drug-likeness (QED) is 0.504. The Balaban J connectivity index is 1.45. The summed E-state index contributed by atoms with van der Waals surface area (Å²) in [5, 5.41) is 12.7. The first kappa shape index (κ1) is 20.7. The van der Waals surface area contributed by atoms with Gasteiger partial charge in [-0.15, -0.1) is 11.3 Å². The zero-order valence-corrected chi connectivity index (χ0v) is 18.3. The molecule has 0 spiro atoms. The lowest BCUT2D eigenvalue weighted by molar-refractivity contribution is 0.0942. The van der Waals surface area contributed by atoms with Gasteiger partial charge in [-0.3, -0.25) is 14.3 Å². The van der Waals surface area contributed by atoms with E-state index in [-0.39, 0.29) is 24.6 Å². The maximum Gasteiger partial charge on any atom is 0.269 e. The number of hydrogen-bond acceptors (Lipinski definition) is 6. The van der Waals surface area contributed by atoms with E-state index in [1.54, 1.807) is 35.2 Å². The summed E-state index contributed by atoms with van der Waals surface area (Å²) in [5.41, 5.74) is 3.49. The smallest absolute Gasteiger partial charge is 0.269 e. The van der Waals surface area contributed by atoms with Crippen LogP contribution in [0.2, 0.25) is 0 Å². The second kappa shape index (κ2) is 8.65. The van der Waals surface area contributed by atoms with Gasteiger partial charge in [0.05, 0.1) is 27.8 Å². The second-order valence-electron chi connectivity index (χ2n) is 7.09. The highest BCUT2D eigenvalue weighted by molar-refractivity contribution is 7.15. The Morgan fingerprint density at radius 3 is 2.55 bits per heavy atom. The minimum absolute atomic E-state index is 0.219. The van der Waals surface area contributed by atoms with Gasteiger partial charge in [-0.05, 0) is 26.0 Å². The number of aryl methyl sites for hydroxylation is 3. The van der Waals surface area contributed by atoms with Gasteiger partial charge in [-0.1, -0.05) is 30.3 Å². The first-order chi connectivity index (χ1) is 14.9. The lowest BCUT2D eigenvalue weighted by Crippen LogP contribution is -2.32. The van der Waals surface area contributed by atoms with Crippen molar-refractivity contribution in [2.75, 3.05) is 6.54 Å². The van der Waals surface area contributed by atoms with E-state index in [1.807, 2.05) is 44.2 Å². The molecule has 0 aliphatic rings. The molecule has 0 saturated carbocycles. The highest BCUT2D eigenvalue weighted by Crippen LogP contribution is 2.27. The standard InChI is InChI=1S/C22H22N6O2S/c1-14-21(31-15(2)24-14)17-9-10-20(29)28(26-17)12-11-23-22(30)19-13-18(25-27(19)3)16-7-5-4-6-8-16/h4-10,13H,11-12H2,1-3H3,(H,23,30). The molecule has 31 heavy (non-hydrogen) atoms. The highest BCUT2D eigenvalue weighted by Gasteiger charge is 2.15. The van der Waals surface area contributed by atoms with Crippen molar-refractivity contribution >= 4 is 17.2 Å². The normalized spacial score (nSPS) is 10.9. The molecule has 3 aromatic heterocycles. The molecule has 8 nitrogen and oxygen atoms in total. The van der Waals surface area contributed by atoms with Crippen LogP contribution in [0.1, 0.15) is 21.2 Å². The molecule has 0 aliphatic carbocycles. The molecule has 158 valence electrons. The monoisotopic (exact) mass is 434 g/mol. The zero-order chi connectivity index (χ0) is 22.0. The molecule has 3 heterocycles. The number of benzene rings is 1. The van der Waals surface area contributed by atoms with E-state index >= 15 is 0 Å². The molecule has 1 aromatic carbocycles. The summed E-state index contributed by atoms with van der Waals surface area (Å²) in [5.74, 6) is -0.254. The average molecular weight is 435 g/mol. The summed E-state index contributed by atoms with van der Waals surface area (Å²) >= 11 is 1.54. The van der Waals surface area contributed by atoms with Crippen molar-refractivity contribution in [3.05, 3.63) is 75.3 Å². The van der Waals surface area contributed by atoms with Crippen LogP contribution in [0.3, 0.4) is 0 Å². The fourth-order valence-corrected chi connectivity index (χ4v) is 4.18. The van der Waals surface area contributed by atoms with Crippen LogP contribution in [-0.4, -0.2) is 37.0 Å². The van der Waals surface area contributed by atoms with Gasteiger partial charge in [0.1, 0.15) is 11.4 Å². The van der Waals surface area contributed by atoms with Crippen LogP contribution in [0.5, 0.6) is 0 Å². The van der Waals surface area contributed by atoms with Gasteiger partial charge in [0, 0.05) is 25.2 Å². The van der Waals surface area contributed by atoms with Crippen molar-refractivity contribution in [3.63, 3.8) is 0 Å². The minimum Gasteiger partial charge on any atom is -0.349 e. The summed E-state index contributed by atoms with van der Waals surface area (Å²) in [6.45, 7) is 4.39. The maximum atomic E-state index is 12.6. The summed E-state index contributed by atoms with van der Waals surface area (Å²) in [6, 6.07) is 14.6. The first-order valence-corrected chi connectivity index (χ1v) is 10.6. The van der Waals surface area contributed by atoms with Gasteiger partial charge < -0.3 is 5.32 Å². The number of nitrogens with zero attached hydrogens (tertiary/aromatic N) is 5. The Morgan fingerprint density at radius 2 is 1.84 bits per heavy atom. The molecule has 4 aromatic rings. The van der Waals surface area contributed by atoms with Gasteiger partial charge in [0.25, 0.3) is 11.5 Å². The predicted molar refractivity (Wildman–Crippen MR) is 120 cm³/mol. The van der Waals surface area contributed by atoms with Crippen LogP contribution in [0.25, 0.3) is 21.8 Å². The second-order valence-corrected chi connectivity index (χ2v) is 8.29. The van der Waals surface area contributed by atoms with E-state index in [0.29, 0.717) is 11.4 Å². The van der Waals surface area contributed by atoms with Gasteiger partial charge in [0.15, 0.2) is 0 Å². The summed E-state index contributed by atoms with van der Waals surface area (Å²) in [6.07, 6.45) is 0. The van der Waals surface area contributed by atoms with Crippen LogP contribution in [0, 0.1) is 13.8 Å². The van der Waals surface area contributed by atoms with Crippen molar-refractivity contribution < 1.29 is 4.79 Å². The number of aromatic nitrogens is 5. The van der Waals surface area contributed by atoms with E-state index in [9.17, 15) is 9.59 Å². The van der Waals surface area contributed by atoms with Crippen molar-refractivity contribution in [2.45, 2.75) is 20.4 Å². The largest absolute Gasteiger partial charge is 0.349 e. The Morgan fingerprint density at radius 1 is 1.06 bits per heavy atom. The fraction of sp³-hybridized carbons (Fsp3) is 0.227. The predicted octanol–water partition coefficient (Wildman–Crippen LogP) is 2.81. The van der Waals surface area contributed by atoms with E-state index < -0.39 is 0 Å². The zero-order valence-electron chi connectivity index (χ0n) is 17.5. The lowest BCUT2D eigenvalue weighted by Gasteiger charge is -2.08. The molecule has 4 rings (SSSR count). The molecule has 1 amide bonds. The molecular weight excluding hydrogens is 412 g/mol. The van der Waals surface area contributed by atoms with Crippen molar-refractivity contribution in [1.82, 2.24) is 29.9 Å². The van der Waals surface area contributed by atoms with Gasteiger partial charge >= 0.3 is 0 Å². The van der Waals surface area contributed by atoms with E-state index in [2.05, 4.69) is 20.5 Å². The third kappa shape index (κ3) is 4.46. The molecule has 1 N–H and O–H groups in total. The molecule has 0 saturated heterocycles. The molecule has 0 unspecified atom stereocenters. The van der Waals surface area contributed by atoms with Crippen molar-refractivity contribution in [1.29, 1.82) is 0 Å². The van der Waals surface area contributed by atoms with E-state index in [1.165, 1.54) is 10.7 Å². The number of rotatable bonds is 6. The Hall–Kier alpha value is -3.59. The summed E-state index contributed by atoms with van der Waals surface area (Å²) < 4.78 is 2.92. The van der Waals surface area contributed by atoms with Crippen LogP contribution in [0.4, 0.5) is 0 Å². The Labute approximate surface area is 183 Å². The molecule has 0 radical (unpaired) electrons. The number of nitrogens with one attached hydrogen (secondary N) is 1. The number of thiazole rings is 1. The van der Waals surface area contributed by atoms with Crippen molar-refractivity contribution in [3.8, 4) is 21.8 Å². The number of carbonyl (C=O) groups excluding carboxylic acids is 1. The van der Waals surface area contributed by atoms with Crippen LogP contribution >= 0.6 is 11.3 Å². The Kier molecular flexibility index (Phi) is 5.77. The third-order valence-corrected chi connectivity index (χ3v) is 5.89. The van der Waals surface area contributed by atoms with Crippen LogP contribution < -0.4 is 10.9 Å². The van der Waals surface area contributed by atoms with E-state index in [4.69, 9.17) is 0 Å². The molecular formula is C22H22N6O2S. The Bertz CT molecular complexity index is 1290. The minimum atomic E-state index is -0.254. The van der Waals surface area contributed by atoms with Crippen LogP contribution in [-0.2, 0) is 13.6 Å².